The van der Waals surface area contributed by atoms with Gasteiger partial charge in [0.2, 0.25) is 0 Å². The van der Waals surface area contributed by atoms with E-state index in [1.165, 1.54) is 11.3 Å². The topological polar surface area (TPSA) is 92.5 Å². The van der Waals surface area contributed by atoms with Crippen molar-refractivity contribution in [2.24, 2.45) is 0 Å². The normalized spacial score (nSPS) is 11.9. The summed E-state index contributed by atoms with van der Waals surface area (Å²) in [5.74, 6) is -1.86. The summed E-state index contributed by atoms with van der Waals surface area (Å²) in [6, 6.07) is 4.07. The van der Waals surface area contributed by atoms with E-state index >= 15 is 0 Å². The first-order valence-electron chi connectivity index (χ1n) is 5.56. The molecular weight excluding hydrogens is 414 g/mol. The van der Waals surface area contributed by atoms with Crippen LogP contribution in [0, 0.1) is 19.5 Å². The highest BCUT2D eigenvalue weighted by atomic mass is 127. The number of benzene rings is 1. The monoisotopic (exact) mass is 422 g/mol. The molecule has 6 nitrogen and oxygen atoms in total. The van der Waals surface area contributed by atoms with Crippen LogP contribution >= 0.6 is 33.9 Å². The third-order valence-corrected chi connectivity index (χ3v) is 4.37. The molecular formula is C12H8FIN2O4S. The predicted octanol–water partition coefficient (Wildman–Crippen LogP) is 3.64. The minimum Gasteiger partial charge on any atom is -0.479 e. The number of hydrogen-bond donors (Lipinski definition) is 2. The fourth-order valence-corrected chi connectivity index (χ4v) is 2.89. The van der Waals surface area contributed by atoms with E-state index in [0.717, 1.165) is 12.1 Å². The predicted molar refractivity (Wildman–Crippen MR) is 84.1 cm³/mol. The lowest BCUT2D eigenvalue weighted by molar-refractivity contribution is -0.384. The van der Waals surface area contributed by atoms with Crippen molar-refractivity contribution >= 4 is 51.3 Å². The van der Waals surface area contributed by atoms with Gasteiger partial charge in [0.1, 0.15) is 11.5 Å². The van der Waals surface area contributed by atoms with E-state index in [-0.39, 0.29) is 14.9 Å². The number of hydrogen-bond acceptors (Lipinski definition) is 5. The molecule has 0 radical (unpaired) electrons. The number of carboxylic acids is 1. The minimum absolute atomic E-state index is 0.0906. The SMILES string of the molecule is O=C(O)C(Nc1cc(F)c(I)cc1[N+](=O)[O-])c1cccs1. The van der Waals surface area contributed by atoms with E-state index < -0.39 is 22.8 Å². The molecule has 2 N–H and O–H groups in total. The van der Waals surface area contributed by atoms with Crippen molar-refractivity contribution in [3.05, 3.63) is 54.0 Å². The molecule has 0 amide bonds. The molecule has 0 aliphatic rings. The van der Waals surface area contributed by atoms with E-state index in [1.807, 2.05) is 0 Å². The number of nitro groups is 1. The van der Waals surface area contributed by atoms with Crippen LogP contribution in [0.1, 0.15) is 10.9 Å². The Morgan fingerprint density at radius 2 is 2.24 bits per heavy atom. The summed E-state index contributed by atoms with van der Waals surface area (Å²) in [5, 5.41) is 24.5. The van der Waals surface area contributed by atoms with Crippen LogP contribution in [0.3, 0.4) is 0 Å². The van der Waals surface area contributed by atoms with Crippen molar-refractivity contribution in [3.8, 4) is 0 Å². The Morgan fingerprint density at radius 3 is 2.76 bits per heavy atom. The van der Waals surface area contributed by atoms with Gasteiger partial charge < -0.3 is 10.4 Å². The molecule has 9 heteroatoms. The van der Waals surface area contributed by atoms with Crippen molar-refractivity contribution < 1.29 is 19.2 Å². The lowest BCUT2D eigenvalue weighted by Crippen LogP contribution is -2.20. The van der Waals surface area contributed by atoms with E-state index in [0.29, 0.717) is 4.88 Å². The first kappa shape index (κ1) is 15.6. The minimum atomic E-state index is -1.20. The van der Waals surface area contributed by atoms with Crippen molar-refractivity contribution in [1.82, 2.24) is 0 Å². The Labute approximate surface area is 135 Å². The highest BCUT2D eigenvalue weighted by Crippen LogP contribution is 2.32. The molecule has 0 bridgehead atoms. The zero-order valence-electron chi connectivity index (χ0n) is 10.2. The van der Waals surface area contributed by atoms with Crippen molar-refractivity contribution in [2.75, 3.05) is 5.32 Å². The Hall–Kier alpha value is -1.75. The second kappa shape index (κ2) is 6.35. The maximum Gasteiger partial charge on any atom is 0.331 e. The number of carboxylic acid groups (broad SMARTS) is 1. The molecule has 0 aliphatic carbocycles. The van der Waals surface area contributed by atoms with Gasteiger partial charge in [-0.05, 0) is 34.0 Å². The molecule has 1 aromatic heterocycles. The van der Waals surface area contributed by atoms with Gasteiger partial charge in [0.15, 0.2) is 6.04 Å². The van der Waals surface area contributed by atoms with Gasteiger partial charge in [0.25, 0.3) is 5.69 Å². The van der Waals surface area contributed by atoms with E-state index in [2.05, 4.69) is 5.32 Å². The van der Waals surface area contributed by atoms with Crippen LogP contribution in [-0.2, 0) is 4.79 Å². The largest absolute Gasteiger partial charge is 0.479 e. The van der Waals surface area contributed by atoms with Crippen LogP contribution in [0.15, 0.2) is 29.6 Å². The van der Waals surface area contributed by atoms with Gasteiger partial charge in [-0.3, -0.25) is 10.1 Å². The van der Waals surface area contributed by atoms with Crippen LogP contribution < -0.4 is 5.32 Å². The van der Waals surface area contributed by atoms with Gasteiger partial charge in [0.05, 0.1) is 8.49 Å². The molecule has 1 heterocycles. The Balaban J connectivity index is 2.43. The van der Waals surface area contributed by atoms with Crippen molar-refractivity contribution in [2.45, 2.75) is 6.04 Å². The standard InChI is InChI=1S/C12H8FIN2O4S/c13-6-4-8(9(16(19)20)5-7(6)14)15-11(12(17)18)10-2-1-3-21-10/h1-5,11,15H,(H,17,18). The van der Waals surface area contributed by atoms with Gasteiger partial charge in [-0.1, -0.05) is 6.07 Å². The number of nitrogens with one attached hydrogen (secondary N) is 1. The third kappa shape index (κ3) is 3.47. The van der Waals surface area contributed by atoms with Crippen molar-refractivity contribution in [3.63, 3.8) is 0 Å². The molecule has 0 spiro atoms. The fourth-order valence-electron chi connectivity index (χ4n) is 1.67. The first-order valence-corrected chi connectivity index (χ1v) is 7.52. The van der Waals surface area contributed by atoms with Gasteiger partial charge in [-0.2, -0.15) is 0 Å². The van der Waals surface area contributed by atoms with E-state index in [9.17, 15) is 24.4 Å². The summed E-state index contributed by atoms with van der Waals surface area (Å²) in [7, 11) is 0. The Bertz CT molecular complexity index is 693. The summed E-state index contributed by atoms with van der Waals surface area (Å²) in [4.78, 5) is 22.1. The number of aliphatic carboxylic acids is 1. The maximum absolute atomic E-state index is 13.6. The molecule has 21 heavy (non-hydrogen) atoms. The summed E-state index contributed by atoms with van der Waals surface area (Å²) in [6.45, 7) is 0. The second-order valence-electron chi connectivity index (χ2n) is 3.97. The van der Waals surface area contributed by atoms with Crippen LogP contribution in [0.5, 0.6) is 0 Å². The molecule has 0 fully saturated rings. The summed E-state index contributed by atoms with van der Waals surface area (Å²) in [5.41, 5.74) is -0.540. The molecule has 1 unspecified atom stereocenters. The fraction of sp³-hybridized carbons (Fsp3) is 0.0833. The lowest BCUT2D eigenvalue weighted by Gasteiger charge is -2.14. The highest BCUT2D eigenvalue weighted by Gasteiger charge is 2.25. The van der Waals surface area contributed by atoms with Crippen molar-refractivity contribution in [1.29, 1.82) is 0 Å². The average Bonchev–Trinajstić information content (AvgIpc) is 2.92. The Kier molecular flexibility index (Phi) is 4.73. The van der Waals surface area contributed by atoms with Crippen LogP contribution in [0.25, 0.3) is 0 Å². The van der Waals surface area contributed by atoms with Gasteiger partial charge in [0, 0.05) is 17.0 Å². The number of rotatable bonds is 5. The number of anilines is 1. The molecule has 0 saturated heterocycles. The Morgan fingerprint density at radius 1 is 1.52 bits per heavy atom. The number of nitrogens with zero attached hydrogens (tertiary/aromatic N) is 1. The molecule has 1 atom stereocenters. The number of halogens is 2. The summed E-state index contributed by atoms with van der Waals surface area (Å²) in [6.07, 6.45) is 0. The molecule has 110 valence electrons. The van der Waals surface area contributed by atoms with E-state index in [1.54, 1.807) is 40.1 Å². The van der Waals surface area contributed by atoms with Crippen LogP contribution in [0.4, 0.5) is 15.8 Å². The first-order chi connectivity index (χ1) is 9.90. The average molecular weight is 422 g/mol. The molecule has 2 aromatic rings. The summed E-state index contributed by atoms with van der Waals surface area (Å²) >= 11 is 2.83. The van der Waals surface area contributed by atoms with Crippen LogP contribution in [-0.4, -0.2) is 16.0 Å². The van der Waals surface area contributed by atoms with Gasteiger partial charge >= 0.3 is 5.97 Å². The highest BCUT2D eigenvalue weighted by molar-refractivity contribution is 14.1. The molecule has 0 saturated carbocycles. The quantitative estimate of drug-likeness (QED) is 0.436. The zero-order chi connectivity index (χ0) is 15.6. The molecule has 0 aliphatic heterocycles. The third-order valence-electron chi connectivity index (χ3n) is 2.61. The molecule has 2 rings (SSSR count). The second-order valence-corrected chi connectivity index (χ2v) is 6.11. The van der Waals surface area contributed by atoms with Gasteiger partial charge in [-0.25, -0.2) is 9.18 Å². The van der Waals surface area contributed by atoms with Gasteiger partial charge in [-0.15, -0.1) is 11.3 Å². The number of carbonyl (C=O) groups is 1. The van der Waals surface area contributed by atoms with Crippen LogP contribution in [0.2, 0.25) is 0 Å². The smallest absolute Gasteiger partial charge is 0.331 e. The lowest BCUT2D eigenvalue weighted by atomic mass is 10.2. The summed E-state index contributed by atoms with van der Waals surface area (Å²) < 4.78 is 13.7. The molecule has 1 aromatic carbocycles. The van der Waals surface area contributed by atoms with E-state index in [4.69, 9.17) is 0 Å². The zero-order valence-corrected chi connectivity index (χ0v) is 13.2. The number of nitro benzene ring substituents is 1. The number of thiophene rings is 1. The maximum atomic E-state index is 13.6.